The number of benzene rings is 1. The van der Waals surface area contributed by atoms with Gasteiger partial charge in [-0.2, -0.15) is 0 Å². The Morgan fingerprint density at radius 1 is 1.54 bits per heavy atom. The zero-order valence-electron chi connectivity index (χ0n) is 7.25. The van der Waals surface area contributed by atoms with Crippen molar-refractivity contribution in [1.82, 2.24) is 0 Å². The van der Waals surface area contributed by atoms with E-state index in [-0.39, 0.29) is 5.69 Å². The molecular formula is C9H11FN2O. The van der Waals surface area contributed by atoms with E-state index >= 15 is 0 Å². The largest absolute Gasteiger partial charge is 0.372 e. The van der Waals surface area contributed by atoms with Crippen LogP contribution in [0.4, 0.5) is 10.1 Å². The summed E-state index contributed by atoms with van der Waals surface area (Å²) in [5.41, 5.74) is 5.30. The summed E-state index contributed by atoms with van der Waals surface area (Å²) in [5.74, 6) is -0.904. The van der Waals surface area contributed by atoms with Gasteiger partial charge in [0, 0.05) is 0 Å². The van der Waals surface area contributed by atoms with Crippen molar-refractivity contribution >= 4 is 11.6 Å². The quantitative estimate of drug-likeness (QED) is 0.735. The molecular weight excluding hydrogens is 171 g/mol. The van der Waals surface area contributed by atoms with Crippen LogP contribution in [0.25, 0.3) is 0 Å². The molecule has 4 heteroatoms. The fourth-order valence-corrected chi connectivity index (χ4v) is 0.883. The van der Waals surface area contributed by atoms with Gasteiger partial charge in [-0.3, -0.25) is 4.79 Å². The van der Waals surface area contributed by atoms with Gasteiger partial charge in [0.15, 0.2) is 0 Å². The monoisotopic (exact) mass is 182 g/mol. The van der Waals surface area contributed by atoms with Crippen molar-refractivity contribution in [2.75, 3.05) is 5.32 Å². The van der Waals surface area contributed by atoms with Crippen LogP contribution >= 0.6 is 0 Å². The zero-order valence-corrected chi connectivity index (χ0v) is 7.25. The normalized spacial score (nSPS) is 12.2. The maximum absolute atomic E-state index is 13.0. The molecule has 0 saturated carbocycles. The maximum atomic E-state index is 13.0. The zero-order chi connectivity index (χ0) is 9.84. The first-order valence-corrected chi connectivity index (χ1v) is 3.91. The Kier molecular flexibility index (Phi) is 2.84. The molecule has 3 nitrogen and oxygen atoms in total. The van der Waals surface area contributed by atoms with Crippen molar-refractivity contribution in [3.05, 3.63) is 30.1 Å². The van der Waals surface area contributed by atoms with Gasteiger partial charge in [-0.05, 0) is 19.1 Å². The molecule has 13 heavy (non-hydrogen) atoms. The average Bonchev–Trinajstić information content (AvgIpc) is 2.08. The topological polar surface area (TPSA) is 55.1 Å². The Hall–Kier alpha value is -1.58. The molecule has 0 aliphatic carbocycles. The average molecular weight is 182 g/mol. The standard InChI is InChI=1S/C9H11FN2O/c1-6(9(11)13)12-8-5-3-2-4-7(8)10/h2-6,12H,1H3,(H2,11,13)/t6-/m1/s1. The number of nitrogens with two attached hydrogens (primary N) is 1. The number of hydrogen-bond donors (Lipinski definition) is 2. The summed E-state index contributed by atoms with van der Waals surface area (Å²) in [6, 6.07) is 5.55. The van der Waals surface area contributed by atoms with E-state index in [1.54, 1.807) is 25.1 Å². The van der Waals surface area contributed by atoms with Crippen molar-refractivity contribution in [1.29, 1.82) is 0 Å². The lowest BCUT2D eigenvalue weighted by atomic mass is 10.2. The Bertz CT molecular complexity index is 314. The number of para-hydroxylation sites is 1. The van der Waals surface area contributed by atoms with Gasteiger partial charge in [0.1, 0.15) is 11.9 Å². The lowest BCUT2D eigenvalue weighted by Gasteiger charge is -2.11. The van der Waals surface area contributed by atoms with Crippen molar-refractivity contribution in [3.63, 3.8) is 0 Å². The van der Waals surface area contributed by atoms with E-state index in [1.165, 1.54) is 6.07 Å². The second-order valence-corrected chi connectivity index (χ2v) is 2.75. The number of primary amides is 1. The molecule has 70 valence electrons. The molecule has 0 aliphatic heterocycles. The fourth-order valence-electron chi connectivity index (χ4n) is 0.883. The first-order chi connectivity index (χ1) is 6.11. The smallest absolute Gasteiger partial charge is 0.239 e. The molecule has 1 aromatic rings. The van der Waals surface area contributed by atoms with E-state index in [0.717, 1.165) is 0 Å². The lowest BCUT2D eigenvalue weighted by molar-refractivity contribution is -0.118. The van der Waals surface area contributed by atoms with Gasteiger partial charge >= 0.3 is 0 Å². The van der Waals surface area contributed by atoms with Crippen LogP contribution in [0.1, 0.15) is 6.92 Å². The van der Waals surface area contributed by atoms with Gasteiger partial charge in [0.2, 0.25) is 5.91 Å². The molecule has 3 N–H and O–H groups in total. The van der Waals surface area contributed by atoms with E-state index in [1.807, 2.05) is 0 Å². The molecule has 0 fully saturated rings. The molecule has 0 spiro atoms. The summed E-state index contributed by atoms with van der Waals surface area (Å²) in [7, 11) is 0. The van der Waals surface area contributed by atoms with E-state index < -0.39 is 17.8 Å². The number of hydrogen-bond acceptors (Lipinski definition) is 2. The first kappa shape index (κ1) is 9.51. The summed E-state index contributed by atoms with van der Waals surface area (Å²) in [6.45, 7) is 1.58. The van der Waals surface area contributed by atoms with Crippen LogP contribution in [-0.2, 0) is 4.79 Å². The molecule has 0 bridgehead atoms. The van der Waals surface area contributed by atoms with E-state index in [2.05, 4.69) is 5.32 Å². The molecule has 0 saturated heterocycles. The minimum atomic E-state index is -0.572. The Labute approximate surface area is 75.7 Å². The third kappa shape index (κ3) is 2.43. The fraction of sp³-hybridized carbons (Fsp3) is 0.222. The van der Waals surface area contributed by atoms with Gasteiger partial charge in [-0.1, -0.05) is 12.1 Å². The van der Waals surface area contributed by atoms with Gasteiger partial charge < -0.3 is 11.1 Å². The summed E-state index contributed by atoms with van der Waals surface area (Å²) in [5, 5.41) is 2.66. The number of halogens is 1. The number of nitrogens with one attached hydrogen (secondary N) is 1. The van der Waals surface area contributed by atoms with Crippen LogP contribution in [0.5, 0.6) is 0 Å². The molecule has 0 aromatic heterocycles. The number of carbonyl (C=O) groups excluding carboxylic acids is 1. The number of anilines is 1. The van der Waals surface area contributed by atoms with Crippen molar-refractivity contribution in [2.45, 2.75) is 13.0 Å². The Balaban J connectivity index is 2.74. The van der Waals surface area contributed by atoms with Crippen molar-refractivity contribution in [2.24, 2.45) is 5.73 Å². The molecule has 1 rings (SSSR count). The number of rotatable bonds is 3. The molecule has 0 radical (unpaired) electrons. The molecule has 1 amide bonds. The third-order valence-corrected chi connectivity index (χ3v) is 1.67. The highest BCUT2D eigenvalue weighted by Gasteiger charge is 2.09. The van der Waals surface area contributed by atoms with Crippen LogP contribution in [0.3, 0.4) is 0 Å². The second-order valence-electron chi connectivity index (χ2n) is 2.75. The van der Waals surface area contributed by atoms with Gasteiger partial charge in [-0.15, -0.1) is 0 Å². The summed E-state index contributed by atoms with van der Waals surface area (Å²) in [4.78, 5) is 10.7. The van der Waals surface area contributed by atoms with Crippen LogP contribution in [-0.4, -0.2) is 11.9 Å². The van der Waals surface area contributed by atoms with Gasteiger partial charge in [0.05, 0.1) is 5.69 Å². The minimum absolute atomic E-state index is 0.286. The van der Waals surface area contributed by atoms with Gasteiger partial charge in [0.25, 0.3) is 0 Å². The van der Waals surface area contributed by atoms with Crippen LogP contribution < -0.4 is 11.1 Å². The maximum Gasteiger partial charge on any atom is 0.239 e. The molecule has 1 atom stereocenters. The second kappa shape index (κ2) is 3.89. The summed E-state index contributed by atoms with van der Waals surface area (Å²) in [6.07, 6.45) is 0. The minimum Gasteiger partial charge on any atom is -0.372 e. The van der Waals surface area contributed by atoms with Crippen molar-refractivity contribution in [3.8, 4) is 0 Å². The highest BCUT2D eigenvalue weighted by atomic mass is 19.1. The predicted molar refractivity (Wildman–Crippen MR) is 48.7 cm³/mol. The van der Waals surface area contributed by atoms with E-state index in [9.17, 15) is 9.18 Å². The van der Waals surface area contributed by atoms with Crippen molar-refractivity contribution < 1.29 is 9.18 Å². The van der Waals surface area contributed by atoms with Crippen LogP contribution in [0.15, 0.2) is 24.3 Å². The predicted octanol–water partition coefficient (Wildman–Crippen LogP) is 1.11. The Morgan fingerprint density at radius 2 is 2.15 bits per heavy atom. The first-order valence-electron chi connectivity index (χ1n) is 3.91. The molecule has 0 aliphatic rings. The SMILES string of the molecule is C[C@@H](Nc1ccccc1F)C(N)=O. The number of amides is 1. The molecule has 1 aromatic carbocycles. The molecule has 0 heterocycles. The highest BCUT2D eigenvalue weighted by molar-refractivity contribution is 5.82. The summed E-state index contributed by atoms with van der Waals surface area (Å²) < 4.78 is 13.0. The summed E-state index contributed by atoms with van der Waals surface area (Å²) >= 11 is 0. The van der Waals surface area contributed by atoms with Gasteiger partial charge in [-0.25, -0.2) is 4.39 Å². The van der Waals surface area contributed by atoms with E-state index in [4.69, 9.17) is 5.73 Å². The highest BCUT2D eigenvalue weighted by Crippen LogP contribution is 2.13. The number of carbonyl (C=O) groups is 1. The van der Waals surface area contributed by atoms with Crippen LogP contribution in [0, 0.1) is 5.82 Å². The Morgan fingerprint density at radius 3 is 2.69 bits per heavy atom. The lowest BCUT2D eigenvalue weighted by Crippen LogP contribution is -2.32. The molecule has 0 unspecified atom stereocenters. The third-order valence-electron chi connectivity index (χ3n) is 1.67. The van der Waals surface area contributed by atoms with E-state index in [0.29, 0.717) is 0 Å². The van der Waals surface area contributed by atoms with Crippen LogP contribution in [0.2, 0.25) is 0 Å².